The highest BCUT2D eigenvalue weighted by molar-refractivity contribution is 7.93. The van der Waals surface area contributed by atoms with E-state index in [9.17, 15) is 16.8 Å². The van der Waals surface area contributed by atoms with Gasteiger partial charge in [0.25, 0.3) is 10.0 Å². The van der Waals surface area contributed by atoms with Crippen LogP contribution in [0.25, 0.3) is 0 Å². The highest BCUT2D eigenvalue weighted by Gasteiger charge is 2.29. The van der Waals surface area contributed by atoms with Gasteiger partial charge in [0.1, 0.15) is 10.6 Å². The third kappa shape index (κ3) is 3.99. The van der Waals surface area contributed by atoms with Crippen molar-refractivity contribution in [2.75, 3.05) is 34.7 Å². The molecule has 0 unspecified atom stereocenters. The maximum Gasteiger partial charge on any atom is 0.265 e. The zero-order chi connectivity index (χ0) is 21.4. The van der Waals surface area contributed by atoms with Crippen molar-refractivity contribution in [3.63, 3.8) is 0 Å². The van der Waals surface area contributed by atoms with E-state index in [0.29, 0.717) is 36.6 Å². The van der Waals surface area contributed by atoms with E-state index in [1.54, 1.807) is 25.1 Å². The first kappa shape index (κ1) is 20.6. The van der Waals surface area contributed by atoms with E-state index in [2.05, 4.69) is 4.72 Å². The molecule has 2 heterocycles. The zero-order valence-corrected chi connectivity index (χ0v) is 18.0. The van der Waals surface area contributed by atoms with Gasteiger partial charge in [-0.2, -0.15) is 0 Å². The van der Waals surface area contributed by atoms with Crippen molar-refractivity contribution in [3.05, 3.63) is 36.4 Å². The minimum absolute atomic E-state index is 0.0394. The summed E-state index contributed by atoms with van der Waals surface area (Å²) in [6.07, 6.45) is 1.30. The Labute approximate surface area is 175 Å². The standard InChI is InChI=1S/C19H22N2O7S2/c1-2-26-17-8-6-15(21-9-3-4-10-29(21,22)23)12-19(17)30(24,25)20-14-5-7-16-18(11-14)28-13-27-16/h5-8,11-12,20H,2-4,9-10,13H2,1H3. The van der Waals surface area contributed by atoms with Crippen LogP contribution in [-0.4, -0.2) is 42.5 Å². The fraction of sp³-hybridized carbons (Fsp3) is 0.368. The number of hydrogen-bond acceptors (Lipinski definition) is 7. The second kappa shape index (κ2) is 7.88. The maximum absolute atomic E-state index is 13.2. The first-order valence-electron chi connectivity index (χ1n) is 9.50. The summed E-state index contributed by atoms with van der Waals surface area (Å²) in [6.45, 7) is 2.39. The lowest BCUT2D eigenvalue weighted by molar-refractivity contribution is 0.174. The number of nitrogens with one attached hydrogen (secondary N) is 1. The largest absolute Gasteiger partial charge is 0.492 e. The lowest BCUT2D eigenvalue weighted by atomic mass is 10.2. The lowest BCUT2D eigenvalue weighted by Crippen LogP contribution is -2.37. The van der Waals surface area contributed by atoms with Crippen molar-refractivity contribution in [3.8, 4) is 17.2 Å². The monoisotopic (exact) mass is 454 g/mol. The van der Waals surface area contributed by atoms with E-state index in [4.69, 9.17) is 14.2 Å². The average molecular weight is 455 g/mol. The molecule has 11 heteroatoms. The molecule has 4 rings (SSSR count). The number of rotatable bonds is 6. The van der Waals surface area contributed by atoms with Crippen LogP contribution in [0.15, 0.2) is 41.3 Å². The molecule has 1 saturated heterocycles. The average Bonchev–Trinajstić information content (AvgIpc) is 3.16. The first-order valence-corrected chi connectivity index (χ1v) is 12.6. The normalized spacial score (nSPS) is 17.6. The highest BCUT2D eigenvalue weighted by Crippen LogP contribution is 2.36. The van der Waals surface area contributed by atoms with Gasteiger partial charge in [0.2, 0.25) is 16.8 Å². The molecule has 0 bridgehead atoms. The van der Waals surface area contributed by atoms with E-state index in [0.717, 1.165) is 0 Å². The van der Waals surface area contributed by atoms with Gasteiger partial charge in [0.05, 0.1) is 23.7 Å². The molecule has 0 atom stereocenters. The van der Waals surface area contributed by atoms with Crippen LogP contribution in [0, 0.1) is 0 Å². The Kier molecular flexibility index (Phi) is 5.41. The van der Waals surface area contributed by atoms with Gasteiger partial charge in [-0.15, -0.1) is 0 Å². The van der Waals surface area contributed by atoms with Crippen molar-refractivity contribution >= 4 is 31.4 Å². The van der Waals surface area contributed by atoms with Crippen LogP contribution in [0.3, 0.4) is 0 Å². The van der Waals surface area contributed by atoms with E-state index in [1.165, 1.54) is 22.5 Å². The molecule has 1 N–H and O–H groups in total. The summed E-state index contributed by atoms with van der Waals surface area (Å²) in [4.78, 5) is -0.139. The predicted molar refractivity (Wildman–Crippen MR) is 111 cm³/mol. The molecule has 0 radical (unpaired) electrons. The molecule has 30 heavy (non-hydrogen) atoms. The number of hydrogen-bond donors (Lipinski definition) is 1. The van der Waals surface area contributed by atoms with E-state index >= 15 is 0 Å². The smallest absolute Gasteiger partial charge is 0.265 e. The molecular formula is C19H22N2O7S2. The lowest BCUT2D eigenvalue weighted by Gasteiger charge is -2.28. The molecule has 162 valence electrons. The molecule has 0 aliphatic carbocycles. The Balaban J connectivity index is 1.71. The number of sulfonamides is 2. The van der Waals surface area contributed by atoms with Crippen molar-refractivity contribution in [2.24, 2.45) is 0 Å². The zero-order valence-electron chi connectivity index (χ0n) is 16.3. The van der Waals surface area contributed by atoms with Crippen LogP contribution < -0.4 is 23.2 Å². The highest BCUT2D eigenvalue weighted by atomic mass is 32.2. The Morgan fingerprint density at radius 1 is 1.10 bits per heavy atom. The molecule has 0 saturated carbocycles. The molecule has 9 nitrogen and oxygen atoms in total. The van der Waals surface area contributed by atoms with Crippen LogP contribution in [0.2, 0.25) is 0 Å². The molecular weight excluding hydrogens is 432 g/mol. The molecule has 2 aliphatic rings. The predicted octanol–water partition coefficient (Wildman–Crippen LogP) is 2.54. The molecule has 0 spiro atoms. The van der Waals surface area contributed by atoms with Crippen LogP contribution in [0.4, 0.5) is 11.4 Å². The summed E-state index contributed by atoms with van der Waals surface area (Å²) in [5.41, 5.74) is 0.585. The topological polar surface area (TPSA) is 111 Å². The molecule has 0 amide bonds. The SMILES string of the molecule is CCOc1ccc(N2CCCCS2(=O)=O)cc1S(=O)(=O)Nc1ccc2c(c1)OCO2. The maximum atomic E-state index is 13.2. The summed E-state index contributed by atoms with van der Waals surface area (Å²) in [5, 5.41) is 0. The summed E-state index contributed by atoms with van der Waals surface area (Å²) < 4.78 is 71.0. The minimum Gasteiger partial charge on any atom is -0.492 e. The second-order valence-electron chi connectivity index (χ2n) is 6.83. The molecule has 2 aromatic rings. The number of nitrogens with zero attached hydrogens (tertiary/aromatic N) is 1. The van der Waals surface area contributed by atoms with Crippen LogP contribution in [0.1, 0.15) is 19.8 Å². The Bertz CT molecular complexity index is 1160. The van der Waals surface area contributed by atoms with Crippen LogP contribution in [0.5, 0.6) is 17.2 Å². The molecule has 0 aromatic heterocycles. The minimum atomic E-state index is -4.07. The summed E-state index contributed by atoms with van der Waals surface area (Å²) >= 11 is 0. The third-order valence-electron chi connectivity index (χ3n) is 4.78. The summed E-state index contributed by atoms with van der Waals surface area (Å²) in [5.74, 6) is 1.15. The fourth-order valence-corrected chi connectivity index (χ4v) is 6.23. The van der Waals surface area contributed by atoms with Gasteiger partial charge < -0.3 is 14.2 Å². The Hall–Kier alpha value is -2.66. The number of fused-ring (bicyclic) bond motifs is 1. The van der Waals surface area contributed by atoms with Crippen molar-refractivity contribution in [1.29, 1.82) is 0 Å². The Morgan fingerprint density at radius 3 is 2.67 bits per heavy atom. The number of benzene rings is 2. The van der Waals surface area contributed by atoms with E-state index in [1.807, 2.05) is 0 Å². The van der Waals surface area contributed by atoms with Crippen molar-refractivity contribution in [2.45, 2.75) is 24.7 Å². The molecule has 1 fully saturated rings. The van der Waals surface area contributed by atoms with Gasteiger partial charge in [-0.1, -0.05) is 0 Å². The quantitative estimate of drug-likeness (QED) is 0.714. The van der Waals surface area contributed by atoms with Crippen molar-refractivity contribution in [1.82, 2.24) is 0 Å². The molecule has 2 aromatic carbocycles. The van der Waals surface area contributed by atoms with Crippen LogP contribution >= 0.6 is 0 Å². The van der Waals surface area contributed by atoms with Gasteiger partial charge in [-0.3, -0.25) is 9.03 Å². The van der Waals surface area contributed by atoms with Gasteiger partial charge in [0, 0.05) is 12.6 Å². The van der Waals surface area contributed by atoms with Crippen molar-refractivity contribution < 1.29 is 31.0 Å². The van der Waals surface area contributed by atoms with Gasteiger partial charge in [-0.25, -0.2) is 16.8 Å². The Morgan fingerprint density at radius 2 is 1.90 bits per heavy atom. The van der Waals surface area contributed by atoms with Gasteiger partial charge >= 0.3 is 0 Å². The second-order valence-corrected chi connectivity index (χ2v) is 10.5. The van der Waals surface area contributed by atoms with E-state index in [-0.39, 0.29) is 35.5 Å². The fourth-order valence-electron chi connectivity index (χ4n) is 3.39. The van der Waals surface area contributed by atoms with E-state index < -0.39 is 20.0 Å². The summed E-state index contributed by atoms with van der Waals surface area (Å²) in [7, 11) is -7.56. The third-order valence-corrected chi connectivity index (χ3v) is 8.05. The summed E-state index contributed by atoms with van der Waals surface area (Å²) in [6, 6.07) is 9.08. The number of anilines is 2. The van der Waals surface area contributed by atoms with Gasteiger partial charge in [-0.05, 0) is 50.1 Å². The number of ether oxygens (including phenoxy) is 3. The van der Waals surface area contributed by atoms with Gasteiger partial charge in [0.15, 0.2) is 11.5 Å². The van der Waals surface area contributed by atoms with Crippen LogP contribution in [-0.2, 0) is 20.0 Å². The molecule has 2 aliphatic heterocycles. The first-order chi connectivity index (χ1) is 14.3.